The lowest BCUT2D eigenvalue weighted by atomic mass is 10.0. The number of nitrogens with one attached hydrogen (secondary N) is 1. The molecular formula is C20H21N5OS. The highest BCUT2D eigenvalue weighted by Crippen LogP contribution is 2.35. The van der Waals surface area contributed by atoms with Gasteiger partial charge < -0.3 is 10.2 Å². The topological polar surface area (TPSA) is 71.0 Å². The molecule has 27 heavy (non-hydrogen) atoms. The van der Waals surface area contributed by atoms with Gasteiger partial charge in [-0.2, -0.15) is 0 Å². The lowest BCUT2D eigenvalue weighted by Crippen LogP contribution is -2.34. The van der Waals surface area contributed by atoms with Crippen LogP contribution in [0.2, 0.25) is 0 Å². The molecule has 1 amide bonds. The molecule has 0 saturated carbocycles. The zero-order valence-electron chi connectivity index (χ0n) is 15.3. The maximum Gasteiger partial charge on any atom is 0.222 e. The average molecular weight is 379 g/mol. The minimum absolute atomic E-state index is 0.0720. The molecule has 4 rings (SSSR count). The van der Waals surface area contributed by atoms with Crippen molar-refractivity contribution in [2.75, 3.05) is 12.4 Å². The summed E-state index contributed by atoms with van der Waals surface area (Å²) in [6.45, 7) is 2.03. The molecule has 1 atom stereocenters. The van der Waals surface area contributed by atoms with Crippen LogP contribution in [0, 0.1) is 6.92 Å². The van der Waals surface area contributed by atoms with Crippen molar-refractivity contribution in [3.8, 4) is 10.6 Å². The fraction of sp³-hybridized carbons (Fsp3) is 0.300. The van der Waals surface area contributed by atoms with E-state index in [0.29, 0.717) is 6.42 Å². The van der Waals surface area contributed by atoms with E-state index in [-0.39, 0.29) is 11.9 Å². The Balaban J connectivity index is 1.56. The second kappa shape index (κ2) is 7.44. The monoisotopic (exact) mass is 379 g/mol. The van der Waals surface area contributed by atoms with Crippen LogP contribution in [-0.4, -0.2) is 32.8 Å². The van der Waals surface area contributed by atoms with Crippen molar-refractivity contribution in [1.29, 1.82) is 0 Å². The van der Waals surface area contributed by atoms with E-state index >= 15 is 0 Å². The van der Waals surface area contributed by atoms with E-state index in [1.54, 1.807) is 17.5 Å². The maximum atomic E-state index is 12.0. The molecule has 7 heteroatoms. The zero-order valence-corrected chi connectivity index (χ0v) is 16.2. The molecule has 6 nitrogen and oxygen atoms in total. The number of rotatable bonds is 4. The van der Waals surface area contributed by atoms with Gasteiger partial charge in [0.2, 0.25) is 5.91 Å². The van der Waals surface area contributed by atoms with Crippen LogP contribution < -0.4 is 5.32 Å². The first-order valence-corrected chi connectivity index (χ1v) is 9.80. The quantitative estimate of drug-likeness (QED) is 0.730. The molecule has 1 saturated heterocycles. The molecule has 3 aromatic heterocycles. The van der Waals surface area contributed by atoms with Crippen LogP contribution in [-0.2, 0) is 4.79 Å². The van der Waals surface area contributed by atoms with Gasteiger partial charge in [-0.25, -0.2) is 15.0 Å². The van der Waals surface area contributed by atoms with Gasteiger partial charge in [-0.3, -0.25) is 4.79 Å². The minimum Gasteiger partial charge on any atom is -0.336 e. The number of pyridine rings is 2. The number of amides is 1. The van der Waals surface area contributed by atoms with Crippen molar-refractivity contribution < 1.29 is 4.79 Å². The van der Waals surface area contributed by atoms with Gasteiger partial charge >= 0.3 is 0 Å². The predicted octanol–water partition coefficient (Wildman–Crippen LogP) is 4.34. The first-order chi connectivity index (χ1) is 13.1. The third-order valence-corrected chi connectivity index (χ3v) is 5.83. The van der Waals surface area contributed by atoms with Crippen LogP contribution in [0.1, 0.15) is 35.9 Å². The molecule has 138 valence electrons. The normalized spacial score (nSPS) is 17.2. The summed E-state index contributed by atoms with van der Waals surface area (Å²) in [5, 5.41) is 4.22. The Morgan fingerprint density at radius 1 is 1.22 bits per heavy atom. The smallest absolute Gasteiger partial charge is 0.222 e. The molecule has 0 bridgehead atoms. The first-order valence-electron chi connectivity index (χ1n) is 8.98. The summed E-state index contributed by atoms with van der Waals surface area (Å²) in [5.74, 6) is 1.70. The van der Waals surface area contributed by atoms with Gasteiger partial charge in [-0.15, -0.1) is 11.3 Å². The largest absolute Gasteiger partial charge is 0.336 e. The summed E-state index contributed by atoms with van der Waals surface area (Å²) in [7, 11) is 1.87. The number of likely N-dealkylation sites (tertiary alicyclic amines) is 1. The number of piperidine rings is 1. The molecule has 4 heterocycles. The lowest BCUT2D eigenvalue weighted by molar-refractivity contribution is -0.134. The van der Waals surface area contributed by atoms with Crippen molar-refractivity contribution in [2.24, 2.45) is 0 Å². The van der Waals surface area contributed by atoms with Gasteiger partial charge in [0.25, 0.3) is 0 Å². The Morgan fingerprint density at radius 3 is 2.96 bits per heavy atom. The number of aromatic nitrogens is 3. The number of aryl methyl sites for hydroxylation is 1. The third-order valence-electron chi connectivity index (χ3n) is 4.71. The van der Waals surface area contributed by atoms with Crippen molar-refractivity contribution >= 4 is 28.9 Å². The summed E-state index contributed by atoms with van der Waals surface area (Å²) < 4.78 is 0. The summed E-state index contributed by atoms with van der Waals surface area (Å²) in [6, 6.07) is 9.87. The van der Waals surface area contributed by atoms with Crippen molar-refractivity contribution in [1.82, 2.24) is 19.9 Å². The molecule has 1 N–H and O–H groups in total. The van der Waals surface area contributed by atoms with Crippen LogP contribution in [0.5, 0.6) is 0 Å². The molecule has 0 spiro atoms. The molecule has 1 fully saturated rings. The molecule has 0 unspecified atom stereocenters. The molecule has 3 aromatic rings. The third kappa shape index (κ3) is 3.83. The summed E-state index contributed by atoms with van der Waals surface area (Å²) in [5.41, 5.74) is 2.00. The molecule has 0 radical (unpaired) electrons. The summed E-state index contributed by atoms with van der Waals surface area (Å²) in [4.78, 5) is 28.4. The van der Waals surface area contributed by atoms with E-state index in [9.17, 15) is 4.79 Å². The van der Waals surface area contributed by atoms with E-state index in [0.717, 1.165) is 45.6 Å². The Morgan fingerprint density at radius 2 is 2.11 bits per heavy atom. The fourth-order valence-electron chi connectivity index (χ4n) is 3.22. The minimum atomic E-state index is 0.0720. The number of hydrogen-bond acceptors (Lipinski definition) is 6. The van der Waals surface area contributed by atoms with Gasteiger partial charge in [0.1, 0.15) is 16.6 Å². The van der Waals surface area contributed by atoms with Gasteiger partial charge in [0.15, 0.2) is 0 Å². The van der Waals surface area contributed by atoms with Crippen LogP contribution in [0.25, 0.3) is 10.6 Å². The second-order valence-electron chi connectivity index (χ2n) is 6.73. The Kier molecular flexibility index (Phi) is 4.85. The zero-order chi connectivity index (χ0) is 18.8. The van der Waals surface area contributed by atoms with Gasteiger partial charge in [0, 0.05) is 25.9 Å². The van der Waals surface area contributed by atoms with Crippen molar-refractivity contribution in [3.63, 3.8) is 0 Å². The lowest BCUT2D eigenvalue weighted by Gasteiger charge is -2.30. The van der Waals surface area contributed by atoms with Crippen molar-refractivity contribution in [3.05, 3.63) is 53.3 Å². The summed E-state index contributed by atoms with van der Waals surface area (Å²) in [6.07, 6.45) is 6.14. The number of thiazole rings is 1. The molecule has 0 aromatic carbocycles. The van der Waals surface area contributed by atoms with Crippen LogP contribution in [0.15, 0.2) is 42.7 Å². The van der Waals surface area contributed by atoms with Gasteiger partial charge in [-0.1, -0.05) is 6.07 Å². The molecule has 1 aliphatic rings. The van der Waals surface area contributed by atoms with Gasteiger partial charge in [0.05, 0.1) is 16.6 Å². The molecule has 0 aliphatic carbocycles. The van der Waals surface area contributed by atoms with Crippen LogP contribution in [0.3, 0.4) is 0 Å². The highest BCUT2D eigenvalue weighted by Gasteiger charge is 2.28. The summed E-state index contributed by atoms with van der Waals surface area (Å²) >= 11 is 1.60. The highest BCUT2D eigenvalue weighted by atomic mass is 32.1. The van der Waals surface area contributed by atoms with E-state index in [4.69, 9.17) is 4.98 Å². The SMILES string of the molecule is Cc1ccnc(Nc2cccc(-c3cnc([C@@H]4CCCC(=O)N4C)s3)n2)c1. The Hall–Kier alpha value is -2.80. The number of anilines is 2. The predicted molar refractivity (Wildman–Crippen MR) is 107 cm³/mol. The number of nitrogens with zero attached hydrogens (tertiary/aromatic N) is 4. The maximum absolute atomic E-state index is 12.0. The number of hydrogen-bond donors (Lipinski definition) is 1. The Bertz CT molecular complexity index is 970. The van der Waals surface area contributed by atoms with E-state index < -0.39 is 0 Å². The van der Waals surface area contributed by atoms with Crippen LogP contribution in [0.4, 0.5) is 11.6 Å². The van der Waals surface area contributed by atoms with Crippen molar-refractivity contribution in [2.45, 2.75) is 32.2 Å². The van der Waals surface area contributed by atoms with E-state index in [1.807, 2.05) is 55.4 Å². The fourth-order valence-corrected chi connectivity index (χ4v) is 4.28. The number of carbonyl (C=O) groups excluding carboxylic acids is 1. The molecular weight excluding hydrogens is 358 g/mol. The molecule has 1 aliphatic heterocycles. The Labute approximate surface area is 162 Å². The van der Waals surface area contributed by atoms with E-state index in [1.165, 1.54) is 0 Å². The average Bonchev–Trinajstić information content (AvgIpc) is 3.14. The standard InChI is InChI=1S/C20H21N5OS/c1-13-9-10-21-18(11-13)24-17-7-3-5-14(23-17)16-12-22-20(27-16)15-6-4-8-19(26)25(15)2/h3,5,7,9-12,15H,4,6,8H2,1-2H3,(H,21,23,24)/t15-/m0/s1. The van der Waals surface area contributed by atoms with Crippen LogP contribution >= 0.6 is 11.3 Å². The highest BCUT2D eigenvalue weighted by molar-refractivity contribution is 7.15. The second-order valence-corrected chi connectivity index (χ2v) is 7.79. The number of carbonyl (C=O) groups is 1. The van der Waals surface area contributed by atoms with Gasteiger partial charge in [-0.05, 0) is 49.6 Å². The van der Waals surface area contributed by atoms with E-state index in [2.05, 4.69) is 15.3 Å². The first kappa shape index (κ1) is 17.6.